The zero-order valence-corrected chi connectivity index (χ0v) is 17.4. The number of ether oxygens (including phenoxy) is 1. The molecule has 0 saturated carbocycles. The molecule has 150 valence electrons. The zero-order chi connectivity index (χ0) is 20.6. The Hall–Kier alpha value is -3.07. The summed E-state index contributed by atoms with van der Waals surface area (Å²) in [6, 6.07) is 26.2. The van der Waals surface area contributed by atoms with Gasteiger partial charge in [0.15, 0.2) is 6.61 Å². The van der Waals surface area contributed by atoms with Crippen molar-refractivity contribution in [2.75, 3.05) is 6.61 Å². The number of carbonyl (C=O) groups is 1. The molecular formula is C26H29NO2. The Balaban J connectivity index is 1.58. The highest BCUT2D eigenvalue weighted by Gasteiger charge is 2.12. The van der Waals surface area contributed by atoms with Gasteiger partial charge >= 0.3 is 0 Å². The fourth-order valence-corrected chi connectivity index (χ4v) is 3.37. The van der Waals surface area contributed by atoms with Crippen molar-refractivity contribution in [3.8, 4) is 16.9 Å². The number of carbonyl (C=O) groups excluding carboxylic acids is 1. The van der Waals surface area contributed by atoms with Crippen LogP contribution in [0.25, 0.3) is 11.1 Å². The van der Waals surface area contributed by atoms with Crippen molar-refractivity contribution in [1.82, 2.24) is 5.32 Å². The molecule has 1 atom stereocenters. The highest BCUT2D eigenvalue weighted by molar-refractivity contribution is 5.78. The lowest BCUT2D eigenvalue weighted by molar-refractivity contribution is -0.123. The molecule has 0 bridgehead atoms. The summed E-state index contributed by atoms with van der Waals surface area (Å²) in [5.74, 6) is 1.21. The summed E-state index contributed by atoms with van der Waals surface area (Å²) < 4.78 is 5.84. The summed E-state index contributed by atoms with van der Waals surface area (Å²) in [6.45, 7) is 6.41. The number of hydrogen-bond acceptors (Lipinski definition) is 2. The Morgan fingerprint density at radius 2 is 1.52 bits per heavy atom. The average molecular weight is 388 g/mol. The second-order valence-electron chi connectivity index (χ2n) is 7.78. The van der Waals surface area contributed by atoms with Crippen LogP contribution in [0.4, 0.5) is 0 Å². The zero-order valence-electron chi connectivity index (χ0n) is 17.4. The van der Waals surface area contributed by atoms with Gasteiger partial charge in [-0.1, -0.05) is 86.6 Å². The van der Waals surface area contributed by atoms with Crippen molar-refractivity contribution in [3.05, 3.63) is 90.0 Å². The van der Waals surface area contributed by atoms with E-state index in [0.29, 0.717) is 11.7 Å². The Morgan fingerprint density at radius 3 is 2.21 bits per heavy atom. The van der Waals surface area contributed by atoms with Crippen molar-refractivity contribution in [1.29, 1.82) is 0 Å². The number of amides is 1. The lowest BCUT2D eigenvalue weighted by Gasteiger charge is -2.16. The van der Waals surface area contributed by atoms with Crippen molar-refractivity contribution in [2.24, 2.45) is 5.92 Å². The Kier molecular flexibility index (Phi) is 7.07. The monoisotopic (exact) mass is 387 g/mol. The van der Waals surface area contributed by atoms with Gasteiger partial charge in [0.25, 0.3) is 5.91 Å². The second kappa shape index (κ2) is 9.92. The van der Waals surface area contributed by atoms with Crippen molar-refractivity contribution >= 4 is 5.91 Å². The maximum absolute atomic E-state index is 12.4. The van der Waals surface area contributed by atoms with E-state index in [1.165, 1.54) is 5.56 Å². The van der Waals surface area contributed by atoms with Crippen LogP contribution in [0.2, 0.25) is 0 Å². The minimum Gasteiger partial charge on any atom is -0.483 e. The van der Waals surface area contributed by atoms with Crippen LogP contribution in [-0.4, -0.2) is 12.5 Å². The minimum absolute atomic E-state index is 0.0143. The van der Waals surface area contributed by atoms with Crippen LogP contribution in [0.1, 0.15) is 37.9 Å². The molecule has 3 heteroatoms. The number of rotatable bonds is 8. The van der Waals surface area contributed by atoms with Gasteiger partial charge in [-0.25, -0.2) is 0 Å². The third kappa shape index (κ3) is 5.95. The van der Waals surface area contributed by atoms with Gasteiger partial charge in [0.05, 0.1) is 6.04 Å². The van der Waals surface area contributed by atoms with Crippen LogP contribution in [0.15, 0.2) is 78.9 Å². The van der Waals surface area contributed by atoms with Crippen LogP contribution < -0.4 is 10.1 Å². The topological polar surface area (TPSA) is 38.3 Å². The van der Waals surface area contributed by atoms with E-state index in [9.17, 15) is 4.79 Å². The summed E-state index contributed by atoms with van der Waals surface area (Å²) >= 11 is 0. The molecule has 3 aromatic carbocycles. The molecule has 3 nitrogen and oxygen atoms in total. The molecule has 0 unspecified atom stereocenters. The summed E-state index contributed by atoms with van der Waals surface area (Å²) in [4.78, 5) is 12.4. The first kappa shape index (κ1) is 20.7. The fourth-order valence-electron chi connectivity index (χ4n) is 3.37. The Morgan fingerprint density at radius 1 is 0.862 bits per heavy atom. The van der Waals surface area contributed by atoms with E-state index in [0.717, 1.165) is 23.1 Å². The van der Waals surface area contributed by atoms with Crippen LogP contribution in [-0.2, 0) is 11.2 Å². The lowest BCUT2D eigenvalue weighted by atomic mass is 10.00. The van der Waals surface area contributed by atoms with Gasteiger partial charge in [0.1, 0.15) is 5.75 Å². The van der Waals surface area contributed by atoms with Gasteiger partial charge in [-0.2, -0.15) is 0 Å². The van der Waals surface area contributed by atoms with E-state index >= 15 is 0 Å². The van der Waals surface area contributed by atoms with Gasteiger partial charge in [-0.05, 0) is 42.0 Å². The van der Waals surface area contributed by atoms with Gasteiger partial charge < -0.3 is 10.1 Å². The first-order valence-corrected chi connectivity index (χ1v) is 10.2. The maximum Gasteiger partial charge on any atom is 0.258 e. The Bertz CT molecular complexity index is 917. The van der Waals surface area contributed by atoms with Crippen LogP contribution >= 0.6 is 0 Å². The molecule has 0 fully saturated rings. The summed E-state index contributed by atoms with van der Waals surface area (Å²) in [5, 5.41) is 3.02. The van der Waals surface area contributed by atoms with Gasteiger partial charge in [0, 0.05) is 5.56 Å². The summed E-state index contributed by atoms with van der Waals surface area (Å²) in [7, 11) is 0. The van der Waals surface area contributed by atoms with Gasteiger partial charge in [-0.3, -0.25) is 4.79 Å². The minimum atomic E-state index is -0.133. The maximum atomic E-state index is 12.4. The molecule has 0 aliphatic rings. The number of hydrogen-bond donors (Lipinski definition) is 1. The molecule has 0 radical (unpaired) electrons. The summed E-state index contributed by atoms with van der Waals surface area (Å²) in [6.07, 6.45) is 1.07. The van der Waals surface area contributed by atoms with E-state index in [2.05, 4.69) is 43.4 Å². The van der Waals surface area contributed by atoms with E-state index in [1.807, 2.05) is 61.5 Å². The number of benzene rings is 3. The molecule has 29 heavy (non-hydrogen) atoms. The highest BCUT2D eigenvalue weighted by atomic mass is 16.5. The second-order valence-corrected chi connectivity index (χ2v) is 7.78. The molecule has 0 aliphatic heterocycles. The van der Waals surface area contributed by atoms with Crippen molar-refractivity contribution in [2.45, 2.75) is 33.2 Å². The third-order valence-electron chi connectivity index (χ3n) is 4.83. The first-order valence-electron chi connectivity index (χ1n) is 10.2. The molecule has 1 amide bonds. The third-order valence-corrected chi connectivity index (χ3v) is 4.83. The molecule has 0 heterocycles. The van der Waals surface area contributed by atoms with E-state index in [4.69, 9.17) is 4.74 Å². The molecule has 0 saturated heterocycles. The largest absolute Gasteiger partial charge is 0.483 e. The number of nitrogens with one attached hydrogen (secondary N) is 1. The molecule has 0 aliphatic carbocycles. The number of para-hydroxylation sites is 1. The van der Waals surface area contributed by atoms with Crippen molar-refractivity contribution < 1.29 is 9.53 Å². The standard InChI is InChI=1S/C26H29NO2/c1-19(2)17-21-13-15-22(16-14-21)20(3)27-26(28)18-29-25-12-8-7-11-24(25)23-9-5-4-6-10-23/h4-16,19-20H,17-18H2,1-3H3,(H,27,28)/t20-/m1/s1. The van der Waals surface area contributed by atoms with E-state index < -0.39 is 0 Å². The van der Waals surface area contributed by atoms with Crippen molar-refractivity contribution in [3.63, 3.8) is 0 Å². The molecule has 1 N–H and O–H groups in total. The van der Waals surface area contributed by atoms with Crippen LogP contribution in [0.5, 0.6) is 5.75 Å². The quantitative estimate of drug-likeness (QED) is 0.530. The molecule has 3 aromatic rings. The fraction of sp³-hybridized carbons (Fsp3) is 0.269. The van der Waals surface area contributed by atoms with E-state index in [1.54, 1.807) is 0 Å². The normalized spacial score (nSPS) is 11.9. The first-order chi connectivity index (χ1) is 14.0. The predicted octanol–water partition coefficient (Wildman–Crippen LogP) is 5.81. The van der Waals surface area contributed by atoms with Crippen LogP contribution in [0, 0.1) is 5.92 Å². The smallest absolute Gasteiger partial charge is 0.258 e. The molecule has 0 spiro atoms. The lowest BCUT2D eigenvalue weighted by Crippen LogP contribution is -2.31. The SMILES string of the molecule is CC(C)Cc1ccc([C@@H](C)NC(=O)COc2ccccc2-c2ccccc2)cc1. The predicted molar refractivity (Wildman–Crippen MR) is 119 cm³/mol. The molecule has 3 rings (SSSR count). The van der Waals surface area contributed by atoms with Gasteiger partial charge in [0.2, 0.25) is 0 Å². The average Bonchev–Trinajstić information content (AvgIpc) is 2.73. The van der Waals surface area contributed by atoms with Gasteiger partial charge in [-0.15, -0.1) is 0 Å². The highest BCUT2D eigenvalue weighted by Crippen LogP contribution is 2.29. The van der Waals surface area contributed by atoms with E-state index in [-0.39, 0.29) is 18.6 Å². The molecule has 0 aromatic heterocycles. The van der Waals surface area contributed by atoms with Crippen LogP contribution in [0.3, 0.4) is 0 Å². The molecular weight excluding hydrogens is 358 g/mol. The Labute approximate surface area is 173 Å². The summed E-state index contributed by atoms with van der Waals surface area (Å²) in [5.41, 5.74) is 4.46.